The third-order valence-electron chi connectivity index (χ3n) is 10.1. The lowest BCUT2D eigenvalue weighted by Gasteiger charge is -2.50. The molecule has 4 aliphatic rings. The number of anilines is 1. The van der Waals surface area contributed by atoms with Crippen LogP contribution in [-0.2, 0) is 24.6 Å². The summed E-state index contributed by atoms with van der Waals surface area (Å²) in [6.45, 7) is -0.0475. The highest BCUT2D eigenvalue weighted by atomic mass is 35.5. The van der Waals surface area contributed by atoms with Crippen LogP contribution in [0.3, 0.4) is 0 Å². The van der Waals surface area contributed by atoms with Crippen LogP contribution < -0.4 is 10.2 Å². The number of carbonyl (C=O) groups is 4. The van der Waals surface area contributed by atoms with Crippen molar-refractivity contribution >= 4 is 40.9 Å². The Labute approximate surface area is 269 Å². The molecule has 0 bridgehead atoms. The Hall–Kier alpha value is -4.54. The summed E-state index contributed by atoms with van der Waals surface area (Å²) in [5, 5.41) is 10.7. The number of hydrogen-bond donors (Lipinski definition) is 2. The molecule has 236 valence electrons. The standard InChI is InChI=1S/C35H31ClFN3O6/c1-39-31(42)26-15-14-25-27(29(26)33(39)44)18-28-32(43)40(38-23-10-8-22(37)9-11-23)34(45)35(28,20-4-6-21(36)7-5-20)30(25)19-2-12-24(13-3-19)46-17-16-41/h2-14,26-30,38,41H,15-18H2,1H3. The molecule has 6 atom stereocenters. The highest BCUT2D eigenvalue weighted by Gasteiger charge is 2.70. The van der Waals surface area contributed by atoms with Crippen LogP contribution in [0.2, 0.25) is 5.02 Å². The van der Waals surface area contributed by atoms with Gasteiger partial charge in [0.25, 0.3) is 11.8 Å². The van der Waals surface area contributed by atoms with Gasteiger partial charge in [0.05, 0.1) is 35.5 Å². The molecule has 46 heavy (non-hydrogen) atoms. The molecule has 3 aromatic rings. The second-order valence-electron chi connectivity index (χ2n) is 12.2. The summed E-state index contributed by atoms with van der Waals surface area (Å²) in [5.41, 5.74) is 3.97. The molecule has 4 amide bonds. The van der Waals surface area contributed by atoms with Crippen LogP contribution in [0.15, 0.2) is 84.4 Å². The van der Waals surface area contributed by atoms with Crippen molar-refractivity contribution in [3.05, 3.63) is 106 Å². The van der Waals surface area contributed by atoms with Crippen molar-refractivity contribution < 1.29 is 33.4 Å². The number of aliphatic hydroxyl groups is 1. The number of nitrogens with zero attached hydrogens (tertiary/aromatic N) is 2. The number of rotatable bonds is 7. The van der Waals surface area contributed by atoms with Gasteiger partial charge in [0.15, 0.2) is 0 Å². The number of hydrazine groups is 1. The molecule has 1 saturated carbocycles. The van der Waals surface area contributed by atoms with Crippen LogP contribution in [0.1, 0.15) is 29.9 Å². The van der Waals surface area contributed by atoms with Gasteiger partial charge in [-0.2, -0.15) is 5.01 Å². The average Bonchev–Trinajstić information content (AvgIpc) is 3.42. The molecule has 0 radical (unpaired) electrons. The maximum absolute atomic E-state index is 15.0. The zero-order valence-corrected chi connectivity index (χ0v) is 25.6. The number of fused-ring (bicyclic) bond motifs is 4. The van der Waals surface area contributed by atoms with Crippen LogP contribution in [-0.4, -0.2) is 58.9 Å². The molecule has 9 nitrogen and oxygen atoms in total. The first kappa shape index (κ1) is 30.1. The lowest BCUT2D eigenvalue weighted by Crippen LogP contribution is -2.53. The number of carbonyl (C=O) groups excluding carboxylic acids is 4. The number of halogens is 2. The highest BCUT2D eigenvalue weighted by Crippen LogP contribution is 2.64. The number of ether oxygens (including phenoxy) is 1. The van der Waals surface area contributed by atoms with E-state index in [0.717, 1.165) is 16.1 Å². The Morgan fingerprint density at radius 3 is 2.30 bits per heavy atom. The van der Waals surface area contributed by atoms with E-state index in [4.69, 9.17) is 16.3 Å². The number of imide groups is 2. The number of benzene rings is 3. The van der Waals surface area contributed by atoms with E-state index in [1.54, 1.807) is 36.4 Å². The summed E-state index contributed by atoms with van der Waals surface area (Å²) in [6, 6.07) is 19.4. The number of amides is 4. The van der Waals surface area contributed by atoms with Gasteiger partial charge < -0.3 is 9.84 Å². The molecule has 2 heterocycles. The lowest BCUT2D eigenvalue weighted by atomic mass is 9.49. The van der Waals surface area contributed by atoms with Crippen LogP contribution in [0.4, 0.5) is 10.1 Å². The second kappa shape index (κ2) is 11.4. The summed E-state index contributed by atoms with van der Waals surface area (Å²) in [4.78, 5) is 57.4. The largest absolute Gasteiger partial charge is 0.491 e. The predicted octanol–water partition coefficient (Wildman–Crippen LogP) is 4.46. The van der Waals surface area contributed by atoms with Gasteiger partial charge in [0, 0.05) is 18.0 Å². The number of allylic oxidation sites excluding steroid dienone is 2. The molecule has 2 saturated heterocycles. The van der Waals surface area contributed by atoms with E-state index in [1.807, 2.05) is 18.2 Å². The van der Waals surface area contributed by atoms with Crippen molar-refractivity contribution in [1.82, 2.24) is 9.91 Å². The number of nitrogens with one attached hydrogen (secondary N) is 1. The first-order chi connectivity index (χ1) is 22.2. The molecule has 2 N–H and O–H groups in total. The average molecular weight is 644 g/mol. The normalized spacial score (nSPS) is 28.5. The maximum Gasteiger partial charge on any atom is 0.260 e. The summed E-state index contributed by atoms with van der Waals surface area (Å²) >= 11 is 6.31. The van der Waals surface area contributed by atoms with Crippen molar-refractivity contribution in [2.45, 2.75) is 24.2 Å². The molecule has 3 fully saturated rings. The summed E-state index contributed by atoms with van der Waals surface area (Å²) in [7, 11) is 1.49. The molecular weight excluding hydrogens is 613 g/mol. The predicted molar refractivity (Wildman–Crippen MR) is 166 cm³/mol. The topological polar surface area (TPSA) is 116 Å². The van der Waals surface area contributed by atoms with Crippen molar-refractivity contribution in [2.75, 3.05) is 25.7 Å². The number of hydrogen-bond acceptors (Lipinski definition) is 7. The van der Waals surface area contributed by atoms with E-state index >= 15 is 4.79 Å². The van der Waals surface area contributed by atoms with E-state index in [-0.39, 0.29) is 31.4 Å². The maximum atomic E-state index is 15.0. The summed E-state index contributed by atoms with van der Waals surface area (Å²) in [5.74, 6) is -4.72. The Morgan fingerprint density at radius 2 is 1.63 bits per heavy atom. The Morgan fingerprint density at radius 1 is 0.935 bits per heavy atom. The van der Waals surface area contributed by atoms with Gasteiger partial charge in [-0.1, -0.05) is 47.5 Å². The van der Waals surface area contributed by atoms with Gasteiger partial charge in [-0.25, -0.2) is 4.39 Å². The minimum Gasteiger partial charge on any atom is -0.491 e. The van der Waals surface area contributed by atoms with Crippen molar-refractivity contribution in [3.8, 4) is 5.75 Å². The van der Waals surface area contributed by atoms with Crippen molar-refractivity contribution in [3.63, 3.8) is 0 Å². The molecule has 6 unspecified atom stereocenters. The van der Waals surface area contributed by atoms with Crippen LogP contribution >= 0.6 is 11.6 Å². The number of likely N-dealkylation sites (tertiary alicyclic amines) is 1. The van der Waals surface area contributed by atoms with Gasteiger partial charge in [0.1, 0.15) is 18.2 Å². The zero-order valence-electron chi connectivity index (χ0n) is 24.9. The quantitative estimate of drug-likeness (QED) is 0.288. The van der Waals surface area contributed by atoms with Gasteiger partial charge in [-0.15, -0.1) is 0 Å². The van der Waals surface area contributed by atoms with Crippen molar-refractivity contribution in [2.24, 2.45) is 23.7 Å². The van der Waals surface area contributed by atoms with E-state index in [1.165, 1.54) is 36.2 Å². The second-order valence-corrected chi connectivity index (χ2v) is 12.7. The smallest absolute Gasteiger partial charge is 0.260 e. The van der Waals surface area contributed by atoms with Crippen molar-refractivity contribution in [1.29, 1.82) is 0 Å². The molecule has 0 aromatic heterocycles. The first-order valence-corrected chi connectivity index (χ1v) is 15.6. The minimum atomic E-state index is -1.45. The minimum absolute atomic E-state index is 0.108. The molecular formula is C35H31ClFN3O6. The van der Waals surface area contributed by atoms with E-state index in [2.05, 4.69) is 5.43 Å². The fourth-order valence-corrected chi connectivity index (χ4v) is 8.23. The Kier molecular flexibility index (Phi) is 7.44. The Bertz CT molecular complexity index is 1760. The first-order valence-electron chi connectivity index (χ1n) is 15.2. The zero-order chi connectivity index (χ0) is 32.3. The fourth-order valence-electron chi connectivity index (χ4n) is 8.11. The molecule has 2 aliphatic heterocycles. The van der Waals surface area contributed by atoms with Gasteiger partial charge in [-0.05, 0) is 78.4 Å². The van der Waals surface area contributed by atoms with E-state index < -0.39 is 52.6 Å². The van der Waals surface area contributed by atoms with E-state index in [0.29, 0.717) is 28.4 Å². The third kappa shape index (κ3) is 4.46. The Balaban J connectivity index is 1.44. The number of aliphatic hydroxyl groups excluding tert-OH is 1. The van der Waals surface area contributed by atoms with Gasteiger partial charge in [0.2, 0.25) is 11.8 Å². The molecule has 3 aromatic carbocycles. The lowest BCUT2D eigenvalue weighted by molar-refractivity contribution is -0.140. The third-order valence-corrected chi connectivity index (χ3v) is 10.3. The fraction of sp³-hybridized carbons (Fsp3) is 0.314. The van der Waals surface area contributed by atoms with E-state index in [9.17, 15) is 23.9 Å². The molecule has 2 aliphatic carbocycles. The van der Waals surface area contributed by atoms with Crippen LogP contribution in [0.25, 0.3) is 0 Å². The summed E-state index contributed by atoms with van der Waals surface area (Å²) < 4.78 is 19.3. The van der Waals surface area contributed by atoms with Crippen LogP contribution in [0.5, 0.6) is 5.75 Å². The SMILES string of the molecule is CN1C(=O)C2CC=C3C(CC4C(=O)N(Nc5ccc(F)cc5)C(=O)C4(c4ccc(Cl)cc4)C3c3ccc(OCCO)cc3)C2C1=O. The summed E-state index contributed by atoms with van der Waals surface area (Å²) in [6.07, 6.45) is 2.49. The molecule has 7 rings (SSSR count). The highest BCUT2D eigenvalue weighted by molar-refractivity contribution is 6.30. The molecule has 0 spiro atoms. The molecule has 11 heteroatoms. The van der Waals surface area contributed by atoms with Gasteiger partial charge >= 0.3 is 0 Å². The monoisotopic (exact) mass is 643 g/mol. The van der Waals surface area contributed by atoms with Crippen LogP contribution in [0, 0.1) is 29.5 Å². The van der Waals surface area contributed by atoms with Gasteiger partial charge in [-0.3, -0.25) is 29.5 Å².